The number of likely N-dealkylation sites (N-methyl/N-ethyl adjacent to an activating group) is 1. The molecule has 1 saturated heterocycles. The van der Waals surface area contributed by atoms with Gasteiger partial charge in [-0.05, 0) is 50.9 Å². The number of amides is 1. The number of carbonyl (C=O) groups is 1. The number of anilines is 1. The molecule has 2 heterocycles. The van der Waals surface area contributed by atoms with Gasteiger partial charge in [0.1, 0.15) is 0 Å². The number of rotatable bonds is 7. The molecule has 3 rings (SSSR count). The number of aromatic amines is 1. The van der Waals surface area contributed by atoms with Crippen molar-refractivity contribution in [3.63, 3.8) is 0 Å². The van der Waals surface area contributed by atoms with Crippen molar-refractivity contribution in [1.29, 1.82) is 0 Å². The van der Waals surface area contributed by atoms with Gasteiger partial charge in [-0.15, -0.1) is 0 Å². The summed E-state index contributed by atoms with van der Waals surface area (Å²) in [6.07, 6.45) is 2.21. The molecule has 9 nitrogen and oxygen atoms in total. The van der Waals surface area contributed by atoms with Crippen LogP contribution in [0.5, 0.6) is 0 Å². The zero-order valence-corrected chi connectivity index (χ0v) is 19.5. The van der Waals surface area contributed by atoms with Crippen LogP contribution >= 0.6 is 11.8 Å². The van der Waals surface area contributed by atoms with Crippen molar-refractivity contribution in [3.05, 3.63) is 45.9 Å². The van der Waals surface area contributed by atoms with Crippen molar-refractivity contribution in [2.75, 3.05) is 44.8 Å². The predicted octanol–water partition coefficient (Wildman–Crippen LogP) is 1.31. The number of sulfonamides is 1. The molecule has 1 aliphatic heterocycles. The number of benzene rings is 1. The van der Waals surface area contributed by atoms with Crippen LogP contribution in [-0.4, -0.2) is 73.0 Å². The van der Waals surface area contributed by atoms with E-state index in [4.69, 9.17) is 0 Å². The fraction of sp³-hybridized carbons (Fsp3) is 0.450. The van der Waals surface area contributed by atoms with Gasteiger partial charge < -0.3 is 15.2 Å². The van der Waals surface area contributed by atoms with Crippen molar-refractivity contribution < 1.29 is 13.2 Å². The molecule has 1 fully saturated rings. The fourth-order valence-electron chi connectivity index (χ4n) is 3.33. The number of H-pyrrole nitrogens is 1. The van der Waals surface area contributed by atoms with E-state index in [1.54, 1.807) is 19.1 Å². The quantitative estimate of drug-likeness (QED) is 0.468. The van der Waals surface area contributed by atoms with Gasteiger partial charge >= 0.3 is 0 Å². The first kappa shape index (κ1) is 23.5. The monoisotopic (exact) mass is 465 g/mol. The topological polar surface area (TPSA) is 115 Å². The zero-order chi connectivity index (χ0) is 22.6. The van der Waals surface area contributed by atoms with Gasteiger partial charge in [-0.1, -0.05) is 11.8 Å². The minimum atomic E-state index is -3.55. The summed E-state index contributed by atoms with van der Waals surface area (Å²) < 4.78 is 27.0. The Morgan fingerprint density at radius 2 is 1.84 bits per heavy atom. The van der Waals surface area contributed by atoms with E-state index in [1.165, 1.54) is 28.2 Å². The van der Waals surface area contributed by atoms with E-state index in [-0.39, 0.29) is 29.2 Å². The fourth-order valence-corrected chi connectivity index (χ4v) is 5.17. The SMILES string of the molecule is CSc1nc(C)c(CCC(=O)Nc2ccc(S(=O)(=O)N3CCN(C)CC3)cc2)c(=O)[nH]1. The summed E-state index contributed by atoms with van der Waals surface area (Å²) in [7, 11) is -1.58. The Kier molecular flexibility index (Phi) is 7.52. The number of nitrogens with one attached hydrogen (secondary N) is 2. The maximum Gasteiger partial charge on any atom is 0.254 e. The van der Waals surface area contributed by atoms with E-state index in [0.717, 1.165) is 0 Å². The second-order valence-electron chi connectivity index (χ2n) is 7.42. The summed E-state index contributed by atoms with van der Waals surface area (Å²) in [6, 6.07) is 6.16. The summed E-state index contributed by atoms with van der Waals surface area (Å²) in [5.41, 5.74) is 1.37. The molecule has 0 aliphatic carbocycles. The molecule has 0 unspecified atom stereocenters. The smallest absolute Gasteiger partial charge is 0.254 e. The molecule has 1 amide bonds. The number of piperazine rings is 1. The Morgan fingerprint density at radius 3 is 2.42 bits per heavy atom. The van der Waals surface area contributed by atoms with Gasteiger partial charge in [-0.3, -0.25) is 9.59 Å². The highest BCUT2D eigenvalue weighted by Crippen LogP contribution is 2.20. The Morgan fingerprint density at radius 1 is 1.19 bits per heavy atom. The molecule has 1 aromatic carbocycles. The maximum absolute atomic E-state index is 12.8. The van der Waals surface area contributed by atoms with Gasteiger partial charge in [0.15, 0.2) is 5.16 Å². The van der Waals surface area contributed by atoms with Crippen LogP contribution in [0, 0.1) is 6.92 Å². The van der Waals surface area contributed by atoms with Gasteiger partial charge in [0.05, 0.1) is 4.90 Å². The molecule has 0 spiro atoms. The molecule has 168 valence electrons. The van der Waals surface area contributed by atoms with Crippen molar-refractivity contribution in [2.45, 2.75) is 29.8 Å². The number of hydrogen-bond donors (Lipinski definition) is 2. The average molecular weight is 466 g/mol. The van der Waals surface area contributed by atoms with Crippen molar-refractivity contribution >= 4 is 33.4 Å². The number of aromatic nitrogens is 2. The van der Waals surface area contributed by atoms with Crippen LogP contribution in [0.25, 0.3) is 0 Å². The second kappa shape index (κ2) is 9.94. The number of carbonyl (C=O) groups excluding carboxylic acids is 1. The zero-order valence-electron chi connectivity index (χ0n) is 17.8. The minimum Gasteiger partial charge on any atom is -0.326 e. The van der Waals surface area contributed by atoms with Gasteiger partial charge in [0, 0.05) is 49.5 Å². The number of hydrogen-bond acceptors (Lipinski definition) is 7. The second-order valence-corrected chi connectivity index (χ2v) is 10.2. The van der Waals surface area contributed by atoms with Crippen LogP contribution in [0.2, 0.25) is 0 Å². The van der Waals surface area contributed by atoms with Crippen molar-refractivity contribution in [1.82, 2.24) is 19.2 Å². The summed E-state index contributed by atoms with van der Waals surface area (Å²) in [4.78, 5) is 33.8. The lowest BCUT2D eigenvalue weighted by atomic mass is 10.1. The standard InChI is InChI=1S/C20H27N5O4S2/c1-14-17(19(27)23-20(21-14)30-3)8-9-18(26)22-15-4-6-16(7-5-15)31(28,29)25-12-10-24(2)11-13-25/h4-7H,8-13H2,1-3H3,(H,22,26)(H,21,23,27). The molecule has 0 radical (unpaired) electrons. The lowest BCUT2D eigenvalue weighted by Gasteiger charge is -2.31. The number of nitrogens with zero attached hydrogens (tertiary/aromatic N) is 3. The normalized spacial score (nSPS) is 15.7. The molecular weight excluding hydrogens is 438 g/mol. The molecule has 31 heavy (non-hydrogen) atoms. The molecule has 0 saturated carbocycles. The first-order valence-electron chi connectivity index (χ1n) is 9.93. The highest BCUT2D eigenvalue weighted by Gasteiger charge is 2.27. The average Bonchev–Trinajstić information content (AvgIpc) is 2.73. The van der Waals surface area contributed by atoms with Gasteiger partial charge in [0.25, 0.3) is 5.56 Å². The summed E-state index contributed by atoms with van der Waals surface area (Å²) in [5, 5.41) is 3.29. The molecule has 0 atom stereocenters. The Bertz CT molecular complexity index is 1090. The summed E-state index contributed by atoms with van der Waals surface area (Å²) in [6.45, 7) is 4.07. The molecule has 1 aliphatic rings. The molecular formula is C20H27N5O4S2. The molecule has 2 N–H and O–H groups in total. The van der Waals surface area contributed by atoms with Gasteiger partial charge in [-0.25, -0.2) is 13.4 Å². The summed E-state index contributed by atoms with van der Waals surface area (Å²) in [5.74, 6) is -0.262. The van der Waals surface area contributed by atoms with Crippen LogP contribution in [0.3, 0.4) is 0 Å². The molecule has 11 heteroatoms. The number of aryl methyl sites for hydroxylation is 1. The van der Waals surface area contributed by atoms with E-state index < -0.39 is 10.0 Å². The van der Waals surface area contributed by atoms with Crippen LogP contribution in [0.4, 0.5) is 5.69 Å². The first-order valence-corrected chi connectivity index (χ1v) is 12.6. The van der Waals surface area contributed by atoms with E-state index in [0.29, 0.717) is 48.3 Å². The van der Waals surface area contributed by atoms with Crippen LogP contribution in [0.15, 0.2) is 39.1 Å². The lowest BCUT2D eigenvalue weighted by molar-refractivity contribution is -0.116. The van der Waals surface area contributed by atoms with Crippen molar-refractivity contribution in [2.24, 2.45) is 0 Å². The summed E-state index contributed by atoms with van der Waals surface area (Å²) >= 11 is 1.35. The Balaban J connectivity index is 1.60. The Hall–Kier alpha value is -2.21. The van der Waals surface area contributed by atoms with Gasteiger partial charge in [-0.2, -0.15) is 4.31 Å². The van der Waals surface area contributed by atoms with E-state index >= 15 is 0 Å². The maximum atomic E-state index is 12.8. The lowest BCUT2D eigenvalue weighted by Crippen LogP contribution is -2.46. The van der Waals surface area contributed by atoms with Crippen molar-refractivity contribution in [3.8, 4) is 0 Å². The van der Waals surface area contributed by atoms with Crippen LogP contribution in [-0.2, 0) is 21.2 Å². The van der Waals surface area contributed by atoms with Crippen LogP contribution < -0.4 is 10.9 Å². The largest absolute Gasteiger partial charge is 0.326 e. The van der Waals surface area contributed by atoms with Gasteiger partial charge in [0.2, 0.25) is 15.9 Å². The Labute approximate surface area is 186 Å². The minimum absolute atomic E-state index is 0.117. The third kappa shape index (κ3) is 5.73. The molecule has 2 aromatic rings. The highest BCUT2D eigenvalue weighted by molar-refractivity contribution is 7.98. The van der Waals surface area contributed by atoms with Crippen LogP contribution in [0.1, 0.15) is 17.7 Å². The third-order valence-corrected chi connectivity index (χ3v) is 7.73. The predicted molar refractivity (Wildman–Crippen MR) is 121 cm³/mol. The third-order valence-electron chi connectivity index (χ3n) is 5.23. The number of thioether (sulfide) groups is 1. The van der Waals surface area contributed by atoms with E-state index in [2.05, 4.69) is 20.2 Å². The highest BCUT2D eigenvalue weighted by atomic mass is 32.2. The molecule has 1 aromatic heterocycles. The molecule has 0 bridgehead atoms. The first-order chi connectivity index (χ1) is 14.7. The van der Waals surface area contributed by atoms with E-state index in [9.17, 15) is 18.0 Å². The van der Waals surface area contributed by atoms with E-state index in [1.807, 2.05) is 13.3 Å².